The third-order valence-electron chi connectivity index (χ3n) is 2.76. The van der Waals surface area contributed by atoms with E-state index in [4.69, 9.17) is 5.73 Å². The summed E-state index contributed by atoms with van der Waals surface area (Å²) in [6.07, 6.45) is -1.29. The molecule has 19 heavy (non-hydrogen) atoms. The van der Waals surface area contributed by atoms with Crippen molar-refractivity contribution in [2.75, 3.05) is 0 Å². The summed E-state index contributed by atoms with van der Waals surface area (Å²) in [4.78, 5) is 15.5. The van der Waals surface area contributed by atoms with Gasteiger partial charge in [-0.2, -0.15) is 0 Å². The molecule has 0 spiro atoms. The highest BCUT2D eigenvalue weighted by molar-refractivity contribution is 6.24. The van der Waals surface area contributed by atoms with Crippen LogP contribution < -0.4 is 5.73 Å². The largest absolute Gasteiger partial charge is 0.505 e. The molecule has 0 fully saturated rings. The molecule has 0 saturated heterocycles. The lowest BCUT2D eigenvalue weighted by Crippen LogP contribution is -2.25. The number of amides is 1. The maximum atomic E-state index is 11.4. The van der Waals surface area contributed by atoms with Crippen molar-refractivity contribution in [2.24, 2.45) is 10.7 Å². The molecular weight excluding hydrogens is 248 g/mol. The van der Waals surface area contributed by atoms with Gasteiger partial charge in [-0.05, 0) is 32.8 Å². The van der Waals surface area contributed by atoms with Crippen LogP contribution in [-0.4, -0.2) is 39.1 Å². The molecule has 6 heteroatoms. The first kappa shape index (κ1) is 15.4. The topological polar surface area (TPSA) is 116 Å². The van der Waals surface area contributed by atoms with Crippen molar-refractivity contribution in [3.05, 3.63) is 22.6 Å². The molecule has 0 aromatic rings. The second-order valence-electron chi connectivity index (χ2n) is 4.94. The molecule has 1 aliphatic rings. The summed E-state index contributed by atoms with van der Waals surface area (Å²) in [5.74, 6) is -1.02. The van der Waals surface area contributed by atoms with Gasteiger partial charge < -0.3 is 21.1 Å². The highest BCUT2D eigenvalue weighted by atomic mass is 16.3. The van der Waals surface area contributed by atoms with Crippen LogP contribution in [-0.2, 0) is 4.79 Å². The Balaban J connectivity index is 3.03. The van der Waals surface area contributed by atoms with Gasteiger partial charge in [0, 0.05) is 6.42 Å². The number of nitrogens with zero attached hydrogens (tertiary/aromatic N) is 1. The number of hydrogen-bond donors (Lipinski definition) is 4. The number of hydrogen-bond acceptors (Lipinski definition) is 5. The Kier molecular flexibility index (Phi) is 4.85. The Labute approximate surface area is 112 Å². The molecule has 0 aliphatic carbocycles. The monoisotopic (exact) mass is 268 g/mol. The Morgan fingerprint density at radius 3 is 2.37 bits per heavy atom. The third-order valence-corrected chi connectivity index (χ3v) is 2.76. The van der Waals surface area contributed by atoms with Gasteiger partial charge in [0.05, 0.1) is 17.9 Å². The fraction of sp³-hybridized carbons (Fsp3) is 0.538. The average Bonchev–Trinajstić information content (AvgIpc) is 2.53. The lowest BCUT2D eigenvalue weighted by Gasteiger charge is -2.12. The van der Waals surface area contributed by atoms with E-state index in [0.717, 1.165) is 5.57 Å². The zero-order valence-electron chi connectivity index (χ0n) is 11.3. The van der Waals surface area contributed by atoms with Gasteiger partial charge in [0.1, 0.15) is 11.3 Å². The number of aliphatic imine (C=N–C) groups is 1. The molecule has 0 aromatic heterocycles. The number of carbonyl (C=O) groups excluding carboxylic acids is 1. The molecule has 106 valence electrons. The molecule has 0 aromatic carbocycles. The van der Waals surface area contributed by atoms with Crippen LogP contribution in [0, 0.1) is 0 Å². The molecular formula is C13H20N2O4. The number of carbonyl (C=O) groups is 1. The number of nitrogens with two attached hydrogens (primary N) is 1. The quantitative estimate of drug-likeness (QED) is 0.582. The molecule has 0 bridgehead atoms. The van der Waals surface area contributed by atoms with Crippen LogP contribution in [0.25, 0.3) is 0 Å². The fourth-order valence-corrected chi connectivity index (χ4v) is 1.95. The van der Waals surface area contributed by atoms with Gasteiger partial charge in [-0.25, -0.2) is 4.99 Å². The normalized spacial score (nSPS) is 18.4. The second kappa shape index (κ2) is 5.99. The molecule has 2 unspecified atom stereocenters. The van der Waals surface area contributed by atoms with Gasteiger partial charge in [-0.15, -0.1) is 0 Å². The van der Waals surface area contributed by atoms with Gasteiger partial charge in [0.25, 0.3) is 5.91 Å². The van der Waals surface area contributed by atoms with Crippen molar-refractivity contribution in [2.45, 2.75) is 45.8 Å². The number of rotatable bonds is 5. The van der Waals surface area contributed by atoms with Crippen molar-refractivity contribution >= 4 is 11.6 Å². The highest BCUT2D eigenvalue weighted by Gasteiger charge is 2.29. The van der Waals surface area contributed by atoms with Crippen LogP contribution in [0.15, 0.2) is 27.6 Å². The molecule has 1 aliphatic heterocycles. The van der Waals surface area contributed by atoms with Crippen molar-refractivity contribution in [1.29, 1.82) is 0 Å². The van der Waals surface area contributed by atoms with E-state index < -0.39 is 18.1 Å². The molecule has 0 saturated carbocycles. The first-order valence-electron chi connectivity index (χ1n) is 6.09. The Bertz CT molecular complexity index is 471. The third kappa shape index (κ3) is 3.65. The van der Waals surface area contributed by atoms with E-state index in [0.29, 0.717) is 5.70 Å². The average molecular weight is 268 g/mol. The molecule has 5 N–H and O–H groups in total. The van der Waals surface area contributed by atoms with E-state index in [9.17, 15) is 20.1 Å². The van der Waals surface area contributed by atoms with Gasteiger partial charge in [-0.1, -0.05) is 0 Å². The summed E-state index contributed by atoms with van der Waals surface area (Å²) >= 11 is 0. The summed E-state index contributed by atoms with van der Waals surface area (Å²) in [6, 6.07) is 0. The predicted molar refractivity (Wildman–Crippen MR) is 71.6 cm³/mol. The van der Waals surface area contributed by atoms with Crippen molar-refractivity contribution in [3.63, 3.8) is 0 Å². The zero-order valence-corrected chi connectivity index (χ0v) is 11.3. The van der Waals surface area contributed by atoms with Crippen molar-refractivity contribution in [3.8, 4) is 0 Å². The lowest BCUT2D eigenvalue weighted by atomic mass is 10.0. The first-order valence-corrected chi connectivity index (χ1v) is 6.09. The summed E-state index contributed by atoms with van der Waals surface area (Å²) in [6.45, 7) is 5.06. The SMILES string of the molecule is CC(C)=C1N=C(CC(O)CC(C)O)C(C(N)=O)=C1O. The molecule has 6 nitrogen and oxygen atoms in total. The highest BCUT2D eigenvalue weighted by Crippen LogP contribution is 2.28. The van der Waals surface area contributed by atoms with E-state index in [2.05, 4.69) is 4.99 Å². The summed E-state index contributed by atoms with van der Waals surface area (Å²) < 4.78 is 0. The number of aliphatic hydroxyl groups excluding tert-OH is 3. The predicted octanol–water partition coefficient (Wildman–Crippen LogP) is 0.554. The van der Waals surface area contributed by atoms with E-state index >= 15 is 0 Å². The first-order chi connectivity index (χ1) is 8.73. The maximum Gasteiger partial charge on any atom is 0.254 e. The lowest BCUT2D eigenvalue weighted by molar-refractivity contribution is -0.114. The van der Waals surface area contributed by atoms with Gasteiger partial charge in [-0.3, -0.25) is 4.79 Å². The standard InChI is InChI=1S/C13H20N2O4/c1-6(2)11-12(18)10(13(14)19)9(15-11)5-8(17)4-7(3)16/h7-8,16-18H,4-5H2,1-3H3,(H2,14,19). The van der Waals surface area contributed by atoms with Crippen LogP contribution in [0.3, 0.4) is 0 Å². The number of aliphatic hydroxyl groups is 3. The van der Waals surface area contributed by atoms with E-state index in [1.807, 2.05) is 0 Å². The minimum absolute atomic E-state index is 0.0548. The van der Waals surface area contributed by atoms with Crippen LogP contribution in [0.2, 0.25) is 0 Å². The Hall–Kier alpha value is -1.66. The molecule has 1 amide bonds. The van der Waals surface area contributed by atoms with Gasteiger partial charge in [0.15, 0.2) is 5.76 Å². The van der Waals surface area contributed by atoms with Crippen molar-refractivity contribution in [1.82, 2.24) is 0 Å². The van der Waals surface area contributed by atoms with Gasteiger partial charge in [0.2, 0.25) is 0 Å². The number of allylic oxidation sites excluding steroid dienone is 1. The van der Waals surface area contributed by atoms with Crippen LogP contribution >= 0.6 is 0 Å². The Morgan fingerprint density at radius 1 is 1.37 bits per heavy atom. The van der Waals surface area contributed by atoms with E-state index in [1.165, 1.54) is 0 Å². The zero-order chi connectivity index (χ0) is 14.7. The van der Waals surface area contributed by atoms with Crippen LogP contribution in [0.1, 0.15) is 33.6 Å². The number of primary amides is 1. The minimum atomic E-state index is -0.850. The van der Waals surface area contributed by atoms with Crippen molar-refractivity contribution < 1.29 is 20.1 Å². The van der Waals surface area contributed by atoms with E-state index in [1.54, 1.807) is 20.8 Å². The van der Waals surface area contributed by atoms with Crippen LogP contribution in [0.5, 0.6) is 0 Å². The molecule has 1 rings (SSSR count). The molecule has 1 heterocycles. The molecule has 0 radical (unpaired) electrons. The van der Waals surface area contributed by atoms with Gasteiger partial charge >= 0.3 is 0 Å². The second-order valence-corrected chi connectivity index (χ2v) is 4.94. The summed E-state index contributed by atoms with van der Waals surface area (Å²) in [7, 11) is 0. The van der Waals surface area contributed by atoms with E-state index in [-0.39, 0.29) is 29.9 Å². The Morgan fingerprint density at radius 2 is 1.95 bits per heavy atom. The summed E-state index contributed by atoms with van der Waals surface area (Å²) in [5, 5.41) is 28.9. The summed E-state index contributed by atoms with van der Waals surface area (Å²) in [5.41, 5.74) is 6.49. The maximum absolute atomic E-state index is 11.4. The minimum Gasteiger partial charge on any atom is -0.505 e. The fourth-order valence-electron chi connectivity index (χ4n) is 1.95. The van der Waals surface area contributed by atoms with Crippen LogP contribution in [0.4, 0.5) is 0 Å². The molecule has 2 atom stereocenters. The smallest absolute Gasteiger partial charge is 0.254 e.